The largest absolute Gasteiger partial charge is 0.756 e. The highest BCUT2D eigenvalue weighted by molar-refractivity contribution is 7.45. The van der Waals surface area contributed by atoms with Gasteiger partial charge in [-0.1, -0.05) is 207 Å². The SMILES string of the molecule is CC/C=C\C/C=C\C/C=C\C/C=C\C/C=C\C/C=C\CCCCCCCCCCC(=O)OC(COC(=O)CCCCCCCCCCC/C=C\C/C=C\CCCCC)COP(=O)([O-])OCC[N+](C)(C)C. The maximum Gasteiger partial charge on any atom is 0.306 e. The van der Waals surface area contributed by atoms with Crippen LogP contribution < -0.4 is 4.89 Å². The number of phosphoric ester groups is 1. The van der Waals surface area contributed by atoms with Crippen LogP contribution in [0.2, 0.25) is 0 Å². The number of ether oxygens (including phenoxy) is 2. The summed E-state index contributed by atoms with van der Waals surface area (Å²) in [5.41, 5.74) is 0. The van der Waals surface area contributed by atoms with Crippen LogP contribution in [-0.4, -0.2) is 70.0 Å². The van der Waals surface area contributed by atoms with Crippen LogP contribution in [-0.2, 0) is 32.7 Å². The Morgan fingerprint density at radius 3 is 1.21 bits per heavy atom. The van der Waals surface area contributed by atoms with Gasteiger partial charge in [-0.05, 0) is 96.3 Å². The van der Waals surface area contributed by atoms with Gasteiger partial charge in [0.1, 0.15) is 19.8 Å². The summed E-state index contributed by atoms with van der Waals surface area (Å²) in [5, 5.41) is 0. The number of likely N-dealkylation sites (N-methyl/N-ethyl adjacent to an activating group) is 1. The average molecular weight is 998 g/mol. The van der Waals surface area contributed by atoms with Gasteiger partial charge in [0, 0.05) is 12.8 Å². The topological polar surface area (TPSA) is 111 Å². The van der Waals surface area contributed by atoms with E-state index in [0.717, 1.165) is 103 Å². The smallest absolute Gasteiger partial charge is 0.306 e. The third-order valence-electron chi connectivity index (χ3n) is 11.6. The zero-order valence-corrected chi connectivity index (χ0v) is 46.3. The fourth-order valence-corrected chi connectivity index (χ4v) is 8.01. The minimum atomic E-state index is -4.64. The molecule has 0 saturated heterocycles. The van der Waals surface area contributed by atoms with E-state index in [0.29, 0.717) is 17.4 Å². The molecule has 0 aliphatic rings. The van der Waals surface area contributed by atoms with Gasteiger partial charge in [-0.3, -0.25) is 14.2 Å². The van der Waals surface area contributed by atoms with Crippen molar-refractivity contribution in [1.82, 2.24) is 0 Å². The van der Waals surface area contributed by atoms with Crippen LogP contribution in [0.25, 0.3) is 0 Å². The second-order valence-corrected chi connectivity index (χ2v) is 21.0. The molecule has 0 rings (SSSR count). The second kappa shape index (κ2) is 50.9. The summed E-state index contributed by atoms with van der Waals surface area (Å²) in [5.74, 6) is -0.852. The maximum atomic E-state index is 12.8. The Hall–Kier alpha value is -3.07. The van der Waals surface area contributed by atoms with Crippen LogP contribution in [0, 0.1) is 0 Å². The molecule has 0 spiro atoms. The van der Waals surface area contributed by atoms with Crippen molar-refractivity contribution in [1.29, 1.82) is 0 Å². The monoisotopic (exact) mass is 998 g/mol. The number of carbonyl (C=O) groups is 2. The van der Waals surface area contributed by atoms with E-state index in [1.54, 1.807) is 0 Å². The van der Waals surface area contributed by atoms with Crippen molar-refractivity contribution in [3.63, 3.8) is 0 Å². The predicted molar refractivity (Wildman–Crippen MR) is 295 cm³/mol. The Kier molecular flexibility index (Phi) is 48.6. The average Bonchev–Trinajstić information content (AvgIpc) is 3.32. The third kappa shape index (κ3) is 54.3. The Labute approximate surface area is 430 Å². The highest BCUT2D eigenvalue weighted by atomic mass is 31.2. The van der Waals surface area contributed by atoms with Gasteiger partial charge in [0.25, 0.3) is 7.82 Å². The minimum Gasteiger partial charge on any atom is -0.756 e. The highest BCUT2D eigenvalue weighted by Gasteiger charge is 2.21. The first-order chi connectivity index (χ1) is 34.0. The first-order valence-corrected chi connectivity index (χ1v) is 29.4. The molecule has 9 nitrogen and oxygen atoms in total. The lowest BCUT2D eigenvalue weighted by molar-refractivity contribution is -0.870. The van der Waals surface area contributed by atoms with E-state index in [4.69, 9.17) is 18.5 Å². The van der Waals surface area contributed by atoms with Gasteiger partial charge >= 0.3 is 11.9 Å². The summed E-state index contributed by atoms with van der Waals surface area (Å²) >= 11 is 0. The number of rotatable bonds is 50. The Bertz CT molecular complexity index is 1500. The number of phosphoric acid groups is 1. The van der Waals surface area contributed by atoms with Crippen molar-refractivity contribution < 1.29 is 42.1 Å². The predicted octanol–water partition coefficient (Wildman–Crippen LogP) is 16.6. The minimum absolute atomic E-state index is 0.0381. The molecule has 10 heteroatoms. The number of carbonyl (C=O) groups excluding carboxylic acids is 2. The molecule has 0 N–H and O–H groups in total. The zero-order valence-electron chi connectivity index (χ0n) is 45.4. The Balaban J connectivity index is 4.24. The molecule has 0 aromatic heterocycles. The quantitative estimate of drug-likeness (QED) is 0.0195. The summed E-state index contributed by atoms with van der Waals surface area (Å²) in [6.07, 6.45) is 68.6. The van der Waals surface area contributed by atoms with E-state index in [1.165, 1.54) is 83.5 Å². The lowest BCUT2D eigenvalue weighted by Gasteiger charge is -2.28. The molecule has 402 valence electrons. The second-order valence-electron chi connectivity index (χ2n) is 19.6. The van der Waals surface area contributed by atoms with Crippen LogP contribution in [0.4, 0.5) is 0 Å². The van der Waals surface area contributed by atoms with Gasteiger partial charge in [0.15, 0.2) is 6.10 Å². The summed E-state index contributed by atoms with van der Waals surface area (Å²) in [4.78, 5) is 37.8. The maximum absolute atomic E-state index is 12.8. The van der Waals surface area contributed by atoms with Gasteiger partial charge in [-0.2, -0.15) is 0 Å². The summed E-state index contributed by atoms with van der Waals surface area (Å²) < 4.78 is 34.1. The zero-order chi connectivity index (χ0) is 51.3. The molecule has 0 aliphatic carbocycles. The van der Waals surface area contributed by atoms with Crippen LogP contribution in [0.15, 0.2) is 97.2 Å². The molecule has 0 aliphatic heterocycles. The molecule has 2 atom stereocenters. The number of allylic oxidation sites excluding steroid dienone is 16. The number of esters is 2. The molecule has 0 heterocycles. The molecule has 2 unspecified atom stereocenters. The van der Waals surface area contributed by atoms with Crippen molar-refractivity contribution >= 4 is 19.8 Å². The molecular formula is C60H104NO8P. The Morgan fingerprint density at radius 2 is 0.814 bits per heavy atom. The molecule has 0 radical (unpaired) electrons. The lowest BCUT2D eigenvalue weighted by Crippen LogP contribution is -2.37. The van der Waals surface area contributed by atoms with Crippen LogP contribution >= 0.6 is 7.82 Å². The van der Waals surface area contributed by atoms with Gasteiger partial charge < -0.3 is 27.9 Å². The van der Waals surface area contributed by atoms with Crippen molar-refractivity contribution in [2.45, 2.75) is 225 Å². The van der Waals surface area contributed by atoms with Crippen LogP contribution in [0.1, 0.15) is 219 Å². The van der Waals surface area contributed by atoms with Crippen LogP contribution in [0.5, 0.6) is 0 Å². The molecule has 70 heavy (non-hydrogen) atoms. The van der Waals surface area contributed by atoms with E-state index < -0.39 is 32.5 Å². The summed E-state index contributed by atoms with van der Waals surface area (Å²) in [6, 6.07) is 0. The number of nitrogens with zero attached hydrogens (tertiary/aromatic N) is 1. The molecule has 0 aromatic rings. The summed E-state index contributed by atoms with van der Waals surface area (Å²) in [6.45, 7) is 4.08. The molecule has 0 saturated carbocycles. The number of hydrogen-bond acceptors (Lipinski definition) is 8. The summed E-state index contributed by atoms with van der Waals surface area (Å²) in [7, 11) is 1.15. The first-order valence-electron chi connectivity index (χ1n) is 27.9. The third-order valence-corrected chi connectivity index (χ3v) is 12.6. The van der Waals surface area contributed by atoms with Gasteiger partial charge in [0.2, 0.25) is 0 Å². The first kappa shape index (κ1) is 66.9. The fourth-order valence-electron chi connectivity index (χ4n) is 7.28. The normalized spacial score (nSPS) is 14.1. The van der Waals surface area contributed by atoms with Crippen molar-refractivity contribution in [2.24, 2.45) is 0 Å². The van der Waals surface area contributed by atoms with Gasteiger partial charge in [-0.25, -0.2) is 0 Å². The van der Waals surface area contributed by atoms with E-state index in [2.05, 4.69) is 111 Å². The lowest BCUT2D eigenvalue weighted by atomic mass is 10.1. The van der Waals surface area contributed by atoms with Crippen molar-refractivity contribution in [3.8, 4) is 0 Å². The molecule has 0 aromatic carbocycles. The molecule has 0 amide bonds. The Morgan fingerprint density at radius 1 is 0.457 bits per heavy atom. The number of hydrogen-bond donors (Lipinski definition) is 0. The van der Waals surface area contributed by atoms with E-state index in [1.807, 2.05) is 21.1 Å². The molecular weight excluding hydrogens is 894 g/mol. The van der Waals surface area contributed by atoms with Gasteiger partial charge in [-0.15, -0.1) is 0 Å². The van der Waals surface area contributed by atoms with Gasteiger partial charge in [0.05, 0.1) is 27.7 Å². The van der Waals surface area contributed by atoms with E-state index in [9.17, 15) is 19.0 Å². The number of unbranched alkanes of at least 4 members (excludes halogenated alkanes) is 20. The van der Waals surface area contributed by atoms with E-state index in [-0.39, 0.29) is 26.1 Å². The number of quaternary nitrogens is 1. The standard InChI is InChI=1S/C60H104NO8P/c1-6-8-10-12-14-16-18-20-22-24-26-27-28-29-30-31-32-33-35-37-39-41-43-45-47-49-51-53-60(63)69-58(57-68-70(64,65)67-55-54-61(3,4)5)56-66-59(62)52-50-48-46-44-42-40-38-36-34-25-23-21-19-17-15-13-11-9-7-2/h8,10,14-17,20-23,26-27,29-30,32-33,58H,6-7,9,11-13,18-19,24-25,28,31,34-57H2,1-5H3/b10-8-,16-14-,17-15-,22-20-,23-21-,27-26-,30-29-,33-32-. The highest BCUT2D eigenvalue weighted by Crippen LogP contribution is 2.38. The van der Waals surface area contributed by atoms with Crippen molar-refractivity contribution in [3.05, 3.63) is 97.2 Å². The fraction of sp³-hybridized carbons (Fsp3) is 0.700. The molecule has 0 bridgehead atoms. The van der Waals surface area contributed by atoms with E-state index >= 15 is 0 Å². The van der Waals surface area contributed by atoms with Crippen LogP contribution in [0.3, 0.4) is 0 Å². The molecule has 0 fully saturated rings. The van der Waals surface area contributed by atoms with Crippen molar-refractivity contribution in [2.75, 3.05) is 47.5 Å².